The molecule has 0 fully saturated rings. The molecule has 4 rings (SSSR count). The number of rotatable bonds is 6. The van der Waals surface area contributed by atoms with E-state index in [0.29, 0.717) is 11.6 Å². The summed E-state index contributed by atoms with van der Waals surface area (Å²) in [5.41, 5.74) is 2.39. The molecule has 0 unspecified atom stereocenters. The average Bonchev–Trinajstić information content (AvgIpc) is 3.16. The average molecular weight is 451 g/mol. The monoisotopic (exact) mass is 450 g/mol. The molecule has 0 aliphatic heterocycles. The van der Waals surface area contributed by atoms with E-state index in [1.54, 1.807) is 0 Å². The van der Waals surface area contributed by atoms with Crippen LogP contribution in [0.1, 0.15) is 16.0 Å². The maximum atomic E-state index is 12.5. The predicted octanol–water partition coefficient (Wildman–Crippen LogP) is 5.83. The van der Waals surface area contributed by atoms with Crippen LogP contribution in [0.25, 0.3) is 10.8 Å². The second kappa shape index (κ2) is 8.67. The normalized spacial score (nSPS) is 12.0. The van der Waals surface area contributed by atoms with Crippen LogP contribution in [-0.4, -0.2) is 15.7 Å². The van der Waals surface area contributed by atoms with E-state index < -0.39 is 0 Å². The van der Waals surface area contributed by atoms with E-state index in [1.165, 1.54) is 27.7 Å². The Labute approximate surface area is 176 Å². The number of hydrogen-bond donors (Lipinski definition) is 1. The van der Waals surface area contributed by atoms with Gasteiger partial charge in [-0.05, 0) is 28.3 Å². The molecule has 0 aliphatic rings. The van der Waals surface area contributed by atoms with E-state index in [9.17, 15) is 4.79 Å². The molecular formula is C23H19BrN2OS. The minimum absolute atomic E-state index is 0.0742. The number of hydrogen-bond acceptors (Lipinski definition) is 3. The molecule has 0 aliphatic carbocycles. The highest BCUT2D eigenvalue weighted by Crippen LogP contribution is 2.26. The van der Waals surface area contributed by atoms with Gasteiger partial charge in [0.25, 0.3) is 0 Å². The van der Waals surface area contributed by atoms with E-state index in [1.807, 2.05) is 36.5 Å². The Balaban J connectivity index is 1.42. The Bertz CT molecular complexity index is 1090. The number of carbonyl (C=O) groups excluding carboxylic acids is 1. The summed E-state index contributed by atoms with van der Waals surface area (Å²) in [6, 6.07) is 24.7. The summed E-state index contributed by atoms with van der Waals surface area (Å²) in [6.07, 6.45) is 3.29. The molecule has 0 bridgehead atoms. The first-order chi connectivity index (χ1) is 13.7. The minimum Gasteiger partial charge on any atom is -0.301 e. The van der Waals surface area contributed by atoms with Gasteiger partial charge < -0.3 is 5.32 Å². The van der Waals surface area contributed by atoms with E-state index in [-0.39, 0.29) is 10.7 Å². The first kappa shape index (κ1) is 18.8. The highest BCUT2D eigenvalue weighted by molar-refractivity contribution is 9.10. The summed E-state index contributed by atoms with van der Waals surface area (Å²) in [6.45, 7) is 0. The zero-order chi connectivity index (χ0) is 19.3. The molecule has 5 heteroatoms. The van der Waals surface area contributed by atoms with Gasteiger partial charge in [0.15, 0.2) is 5.13 Å². The number of aromatic nitrogens is 1. The number of amides is 1. The van der Waals surface area contributed by atoms with Crippen molar-refractivity contribution in [2.24, 2.45) is 0 Å². The molecule has 1 amide bonds. The first-order valence-corrected chi connectivity index (χ1v) is 10.8. The topological polar surface area (TPSA) is 42.0 Å². The number of nitrogens with zero attached hydrogens (tertiary/aromatic N) is 1. The van der Waals surface area contributed by atoms with Crippen molar-refractivity contribution in [3.05, 3.63) is 95.0 Å². The van der Waals surface area contributed by atoms with E-state index in [2.05, 4.69) is 68.7 Å². The van der Waals surface area contributed by atoms with Gasteiger partial charge in [-0.1, -0.05) is 88.7 Å². The second-order valence-corrected chi connectivity index (χ2v) is 8.81. The molecule has 0 radical (unpaired) electrons. The molecule has 0 spiro atoms. The van der Waals surface area contributed by atoms with Crippen molar-refractivity contribution in [2.45, 2.75) is 17.7 Å². The molecule has 1 aromatic heterocycles. The van der Waals surface area contributed by atoms with Gasteiger partial charge in [0, 0.05) is 17.5 Å². The van der Waals surface area contributed by atoms with Gasteiger partial charge in [-0.25, -0.2) is 4.98 Å². The fourth-order valence-corrected chi connectivity index (χ4v) is 4.51. The summed E-state index contributed by atoms with van der Waals surface area (Å²) >= 11 is 5.01. The minimum atomic E-state index is -0.291. The number of fused-ring (bicyclic) bond motifs is 1. The van der Waals surface area contributed by atoms with Gasteiger partial charge in [-0.15, -0.1) is 11.3 Å². The highest BCUT2D eigenvalue weighted by Gasteiger charge is 2.17. The van der Waals surface area contributed by atoms with E-state index >= 15 is 0 Å². The Morgan fingerprint density at radius 2 is 1.75 bits per heavy atom. The van der Waals surface area contributed by atoms with Crippen molar-refractivity contribution in [3.63, 3.8) is 0 Å². The van der Waals surface area contributed by atoms with Gasteiger partial charge in [0.1, 0.15) is 0 Å². The number of halogens is 1. The summed E-state index contributed by atoms with van der Waals surface area (Å²) in [4.78, 5) is 17.7. The summed E-state index contributed by atoms with van der Waals surface area (Å²) in [7, 11) is 0. The molecule has 3 nitrogen and oxygen atoms in total. The lowest BCUT2D eigenvalue weighted by Gasteiger charge is -2.09. The fourth-order valence-electron chi connectivity index (χ4n) is 3.18. The molecule has 28 heavy (non-hydrogen) atoms. The number of thiazole rings is 1. The largest absolute Gasteiger partial charge is 0.301 e. The number of benzene rings is 3. The third-order valence-corrected chi connectivity index (χ3v) is 6.22. The highest BCUT2D eigenvalue weighted by atomic mass is 79.9. The van der Waals surface area contributed by atoms with Gasteiger partial charge >= 0.3 is 0 Å². The van der Waals surface area contributed by atoms with Crippen LogP contribution in [0.5, 0.6) is 0 Å². The van der Waals surface area contributed by atoms with E-state index in [0.717, 1.165) is 16.9 Å². The SMILES string of the molecule is O=C(Nc1ncc(Cc2cccc3ccccc23)s1)[C@@H](Br)Cc1ccccc1. The summed E-state index contributed by atoms with van der Waals surface area (Å²) < 4.78 is 0. The molecule has 140 valence electrons. The Hall–Kier alpha value is -2.50. The number of nitrogens with one attached hydrogen (secondary N) is 1. The molecular weight excluding hydrogens is 432 g/mol. The molecule has 1 N–H and O–H groups in total. The van der Waals surface area contributed by atoms with Crippen LogP contribution >= 0.6 is 27.3 Å². The molecule has 3 aromatic carbocycles. The van der Waals surface area contributed by atoms with Crippen LogP contribution in [0.3, 0.4) is 0 Å². The van der Waals surface area contributed by atoms with Crippen molar-refractivity contribution in [1.82, 2.24) is 4.98 Å². The van der Waals surface area contributed by atoms with Crippen molar-refractivity contribution in [2.75, 3.05) is 5.32 Å². The Morgan fingerprint density at radius 1 is 1.00 bits per heavy atom. The standard InChI is InChI=1S/C23H19BrN2OS/c24-21(13-16-7-2-1-3-8-16)22(27)26-23-25-15-19(28-23)14-18-11-6-10-17-9-4-5-12-20(17)18/h1-12,15,21H,13-14H2,(H,25,26,27)/t21-/m0/s1. The van der Waals surface area contributed by atoms with Gasteiger partial charge in [0.2, 0.25) is 5.91 Å². The lowest BCUT2D eigenvalue weighted by Crippen LogP contribution is -2.24. The Morgan fingerprint density at radius 3 is 2.61 bits per heavy atom. The van der Waals surface area contributed by atoms with Crippen LogP contribution in [0.15, 0.2) is 79.0 Å². The number of anilines is 1. The van der Waals surface area contributed by atoms with E-state index in [4.69, 9.17) is 0 Å². The van der Waals surface area contributed by atoms with Crippen molar-refractivity contribution in [1.29, 1.82) is 0 Å². The van der Waals surface area contributed by atoms with Crippen molar-refractivity contribution < 1.29 is 4.79 Å². The Kier molecular flexibility index (Phi) is 5.84. The quantitative estimate of drug-likeness (QED) is 0.375. The second-order valence-electron chi connectivity index (χ2n) is 6.59. The summed E-state index contributed by atoms with van der Waals surface area (Å²) in [5.74, 6) is -0.0742. The number of carbonyl (C=O) groups is 1. The van der Waals surface area contributed by atoms with Gasteiger partial charge in [-0.3, -0.25) is 4.79 Å². The van der Waals surface area contributed by atoms with Gasteiger partial charge in [-0.2, -0.15) is 0 Å². The molecule has 0 saturated carbocycles. The third-order valence-electron chi connectivity index (χ3n) is 4.57. The lowest BCUT2D eigenvalue weighted by molar-refractivity contribution is -0.115. The molecule has 1 atom stereocenters. The fraction of sp³-hybridized carbons (Fsp3) is 0.130. The zero-order valence-electron chi connectivity index (χ0n) is 15.1. The van der Waals surface area contributed by atoms with Crippen molar-refractivity contribution >= 4 is 49.1 Å². The molecule has 0 saturated heterocycles. The maximum Gasteiger partial charge on any atom is 0.240 e. The summed E-state index contributed by atoms with van der Waals surface area (Å²) in [5, 5.41) is 6.06. The number of alkyl halides is 1. The van der Waals surface area contributed by atoms with Crippen LogP contribution in [-0.2, 0) is 17.6 Å². The lowest BCUT2D eigenvalue weighted by atomic mass is 10.0. The van der Waals surface area contributed by atoms with Crippen LogP contribution in [0.4, 0.5) is 5.13 Å². The maximum absolute atomic E-state index is 12.5. The van der Waals surface area contributed by atoms with Crippen LogP contribution in [0.2, 0.25) is 0 Å². The van der Waals surface area contributed by atoms with Crippen molar-refractivity contribution in [3.8, 4) is 0 Å². The zero-order valence-corrected chi connectivity index (χ0v) is 17.5. The molecule has 1 heterocycles. The predicted molar refractivity (Wildman–Crippen MR) is 120 cm³/mol. The molecule has 4 aromatic rings. The third kappa shape index (κ3) is 4.49. The first-order valence-electron chi connectivity index (χ1n) is 9.09. The smallest absolute Gasteiger partial charge is 0.240 e. The van der Waals surface area contributed by atoms with Crippen LogP contribution < -0.4 is 5.32 Å². The van der Waals surface area contributed by atoms with Crippen LogP contribution in [0, 0.1) is 0 Å². The van der Waals surface area contributed by atoms with Gasteiger partial charge in [0.05, 0.1) is 4.83 Å².